The van der Waals surface area contributed by atoms with E-state index in [4.69, 9.17) is 24.4 Å². The van der Waals surface area contributed by atoms with Crippen LogP contribution in [-0.2, 0) is 14.2 Å². The minimum absolute atomic E-state index is 0.176. The maximum Gasteiger partial charge on any atom is 0.183 e. The largest absolute Gasteiger partial charge is 0.394 e. The van der Waals surface area contributed by atoms with E-state index in [0.717, 1.165) is 0 Å². The third-order valence-electron chi connectivity index (χ3n) is 3.96. The Labute approximate surface area is 122 Å². The third kappa shape index (κ3) is 4.33. The number of aliphatic hydroxyl groups excluding tert-OH is 5. The van der Waals surface area contributed by atoms with Gasteiger partial charge in [-0.05, 0) is 12.8 Å². The standard InChI is InChI=1S/C13H24O8/c14-4-8-3-10(12(17)13(18)21-8)19-6-7-1-2-9(16)11(5-15)20-7/h7-18H,1-6H2/t7?,8-,9-,10-,11+,12-,13+/m0/s1. The molecule has 1 unspecified atom stereocenters. The quantitative estimate of drug-likeness (QED) is 0.385. The van der Waals surface area contributed by atoms with Crippen molar-refractivity contribution in [2.45, 2.75) is 62.2 Å². The molecular weight excluding hydrogens is 284 g/mol. The van der Waals surface area contributed by atoms with Crippen molar-refractivity contribution in [1.29, 1.82) is 0 Å². The van der Waals surface area contributed by atoms with E-state index >= 15 is 0 Å². The highest BCUT2D eigenvalue weighted by Crippen LogP contribution is 2.24. The Morgan fingerprint density at radius 2 is 1.71 bits per heavy atom. The van der Waals surface area contributed by atoms with Crippen LogP contribution in [-0.4, -0.2) is 88.3 Å². The highest BCUT2D eigenvalue weighted by molar-refractivity contribution is 4.83. The molecule has 2 rings (SSSR count). The smallest absolute Gasteiger partial charge is 0.183 e. The lowest BCUT2D eigenvalue weighted by molar-refractivity contribution is -0.265. The van der Waals surface area contributed by atoms with E-state index in [0.29, 0.717) is 12.8 Å². The normalized spacial score (nSPS) is 44.7. The zero-order valence-electron chi connectivity index (χ0n) is 11.7. The molecule has 0 aromatic carbocycles. The maximum absolute atomic E-state index is 9.82. The topological polar surface area (TPSA) is 129 Å². The summed E-state index contributed by atoms with van der Waals surface area (Å²) in [5.41, 5.74) is 0. The van der Waals surface area contributed by atoms with E-state index in [1.165, 1.54) is 0 Å². The van der Waals surface area contributed by atoms with Crippen LogP contribution in [0.5, 0.6) is 0 Å². The summed E-state index contributed by atoms with van der Waals surface area (Å²) in [5.74, 6) is 0. The van der Waals surface area contributed by atoms with Crippen LogP contribution in [0.15, 0.2) is 0 Å². The highest BCUT2D eigenvalue weighted by atomic mass is 16.6. The van der Waals surface area contributed by atoms with Gasteiger partial charge in [-0.3, -0.25) is 0 Å². The van der Waals surface area contributed by atoms with Crippen LogP contribution < -0.4 is 0 Å². The van der Waals surface area contributed by atoms with Crippen molar-refractivity contribution in [3.63, 3.8) is 0 Å². The fourth-order valence-electron chi connectivity index (χ4n) is 2.67. The van der Waals surface area contributed by atoms with Gasteiger partial charge in [-0.2, -0.15) is 0 Å². The zero-order chi connectivity index (χ0) is 15.4. The van der Waals surface area contributed by atoms with Gasteiger partial charge < -0.3 is 39.7 Å². The molecule has 8 heteroatoms. The van der Waals surface area contributed by atoms with E-state index in [-0.39, 0.29) is 32.3 Å². The molecule has 0 saturated carbocycles. The Balaban J connectivity index is 1.81. The number of hydrogen-bond acceptors (Lipinski definition) is 8. The summed E-state index contributed by atoms with van der Waals surface area (Å²) in [6, 6.07) is 0. The van der Waals surface area contributed by atoms with Crippen LogP contribution in [0.25, 0.3) is 0 Å². The molecule has 0 aromatic heterocycles. The molecule has 2 aliphatic rings. The van der Waals surface area contributed by atoms with Crippen LogP contribution in [0.2, 0.25) is 0 Å². The lowest BCUT2D eigenvalue weighted by Crippen LogP contribution is -2.51. The number of ether oxygens (including phenoxy) is 3. The summed E-state index contributed by atoms with van der Waals surface area (Å²) in [5, 5.41) is 47.1. The molecule has 0 amide bonds. The Morgan fingerprint density at radius 1 is 0.952 bits per heavy atom. The van der Waals surface area contributed by atoms with Gasteiger partial charge in [-0.1, -0.05) is 0 Å². The minimum Gasteiger partial charge on any atom is -0.394 e. The number of aliphatic hydroxyl groups is 5. The molecule has 0 spiro atoms. The van der Waals surface area contributed by atoms with Crippen LogP contribution in [0.1, 0.15) is 19.3 Å². The second-order valence-corrected chi connectivity index (χ2v) is 5.55. The number of rotatable bonds is 5. The molecule has 7 atom stereocenters. The molecule has 8 nitrogen and oxygen atoms in total. The van der Waals surface area contributed by atoms with E-state index in [2.05, 4.69) is 0 Å². The van der Waals surface area contributed by atoms with Gasteiger partial charge in [0.2, 0.25) is 0 Å². The molecule has 0 aromatic rings. The van der Waals surface area contributed by atoms with Crippen LogP contribution >= 0.6 is 0 Å². The van der Waals surface area contributed by atoms with Crippen molar-refractivity contribution in [2.75, 3.05) is 19.8 Å². The van der Waals surface area contributed by atoms with Gasteiger partial charge in [0, 0.05) is 6.42 Å². The van der Waals surface area contributed by atoms with Gasteiger partial charge in [0.25, 0.3) is 0 Å². The van der Waals surface area contributed by atoms with Crippen LogP contribution in [0.3, 0.4) is 0 Å². The van der Waals surface area contributed by atoms with Gasteiger partial charge in [0.1, 0.15) is 12.2 Å². The van der Waals surface area contributed by atoms with Crippen molar-refractivity contribution in [2.24, 2.45) is 0 Å². The Kier molecular flexibility index (Phi) is 6.33. The second-order valence-electron chi connectivity index (χ2n) is 5.55. The monoisotopic (exact) mass is 308 g/mol. The van der Waals surface area contributed by atoms with Gasteiger partial charge in [-0.15, -0.1) is 0 Å². The van der Waals surface area contributed by atoms with Crippen LogP contribution in [0, 0.1) is 0 Å². The van der Waals surface area contributed by atoms with Gasteiger partial charge in [-0.25, -0.2) is 0 Å². The summed E-state index contributed by atoms with van der Waals surface area (Å²) in [7, 11) is 0. The zero-order valence-corrected chi connectivity index (χ0v) is 11.7. The Morgan fingerprint density at radius 3 is 2.38 bits per heavy atom. The van der Waals surface area contributed by atoms with Gasteiger partial charge >= 0.3 is 0 Å². The lowest BCUT2D eigenvalue weighted by atomic mass is 10.0. The highest BCUT2D eigenvalue weighted by Gasteiger charge is 2.38. The first-order valence-corrected chi connectivity index (χ1v) is 7.23. The average molecular weight is 308 g/mol. The lowest BCUT2D eigenvalue weighted by Gasteiger charge is -2.38. The van der Waals surface area contributed by atoms with Gasteiger partial charge in [0.05, 0.1) is 44.2 Å². The molecule has 2 fully saturated rings. The molecular formula is C13H24O8. The molecule has 0 radical (unpaired) electrons. The Bertz CT molecular complexity index is 315. The summed E-state index contributed by atoms with van der Waals surface area (Å²) in [6.07, 6.45) is -4.03. The fourth-order valence-corrected chi connectivity index (χ4v) is 2.67. The van der Waals surface area contributed by atoms with E-state index in [1.807, 2.05) is 0 Å². The van der Waals surface area contributed by atoms with Crippen molar-refractivity contribution >= 4 is 0 Å². The first kappa shape index (κ1) is 17.0. The van der Waals surface area contributed by atoms with Crippen LogP contribution in [0.4, 0.5) is 0 Å². The van der Waals surface area contributed by atoms with Crippen molar-refractivity contribution in [3.05, 3.63) is 0 Å². The first-order chi connectivity index (χ1) is 10.0. The summed E-state index contributed by atoms with van der Waals surface area (Å²) >= 11 is 0. The predicted octanol–water partition coefficient (Wildman–Crippen LogP) is -2.27. The van der Waals surface area contributed by atoms with E-state index < -0.39 is 36.8 Å². The van der Waals surface area contributed by atoms with E-state index in [1.54, 1.807) is 0 Å². The third-order valence-corrected chi connectivity index (χ3v) is 3.96. The molecule has 2 aliphatic heterocycles. The van der Waals surface area contributed by atoms with Crippen molar-refractivity contribution in [3.8, 4) is 0 Å². The SMILES string of the molecule is OC[C@@H]1C[C@H](OCC2CC[C@H](O)[C@@H](CO)O2)[C@H](O)[C@H](O)O1. The molecule has 2 saturated heterocycles. The fraction of sp³-hybridized carbons (Fsp3) is 1.00. The van der Waals surface area contributed by atoms with Crippen molar-refractivity contribution < 1.29 is 39.7 Å². The maximum atomic E-state index is 9.82. The number of hydrogen-bond donors (Lipinski definition) is 5. The predicted molar refractivity (Wildman–Crippen MR) is 69.3 cm³/mol. The molecule has 0 aliphatic carbocycles. The second kappa shape index (κ2) is 7.80. The molecule has 124 valence electrons. The minimum atomic E-state index is -1.39. The van der Waals surface area contributed by atoms with Gasteiger partial charge in [0.15, 0.2) is 6.29 Å². The van der Waals surface area contributed by atoms with Crippen molar-refractivity contribution in [1.82, 2.24) is 0 Å². The average Bonchev–Trinajstić information content (AvgIpc) is 2.49. The molecule has 21 heavy (non-hydrogen) atoms. The molecule has 5 N–H and O–H groups in total. The summed E-state index contributed by atoms with van der Waals surface area (Å²) < 4.78 is 16.1. The molecule has 0 bridgehead atoms. The molecule has 2 heterocycles. The summed E-state index contributed by atoms with van der Waals surface area (Å²) in [4.78, 5) is 0. The summed E-state index contributed by atoms with van der Waals surface area (Å²) in [6.45, 7) is -0.346. The Hall–Kier alpha value is -0.320. The van der Waals surface area contributed by atoms with E-state index in [9.17, 15) is 15.3 Å². The first-order valence-electron chi connectivity index (χ1n) is 7.23.